The van der Waals surface area contributed by atoms with E-state index >= 15 is 0 Å². The van der Waals surface area contributed by atoms with Crippen LogP contribution in [0.3, 0.4) is 0 Å². The summed E-state index contributed by atoms with van der Waals surface area (Å²) in [6, 6.07) is 9.13. The van der Waals surface area contributed by atoms with Gasteiger partial charge in [-0.3, -0.25) is 0 Å². The average Bonchev–Trinajstić information content (AvgIpc) is 3.40. The molecular weight excluding hydrogens is 562 g/mol. The number of rotatable bonds is 0. The normalized spacial score (nSPS) is 13.7. The van der Waals surface area contributed by atoms with Crippen molar-refractivity contribution in [2.24, 2.45) is 10.1 Å². The molecule has 2 aromatic heterocycles. The second-order valence-electron chi connectivity index (χ2n) is 9.30. The lowest BCUT2D eigenvalue weighted by molar-refractivity contribution is -0.138. The highest BCUT2D eigenvalue weighted by Gasteiger charge is 2.32. The van der Waals surface area contributed by atoms with E-state index in [1.807, 2.05) is 0 Å². The molecule has 14 heteroatoms. The molecule has 8 nitrogen and oxygen atoms in total. The molecule has 0 spiro atoms. The van der Waals surface area contributed by atoms with Gasteiger partial charge in [-0.05, 0) is 36.4 Å². The molecule has 202 valence electrons. The van der Waals surface area contributed by atoms with Gasteiger partial charge in [-0.2, -0.15) is 43.2 Å². The first-order valence-corrected chi connectivity index (χ1v) is 11.9. The monoisotopic (exact) mass is 570 g/mol. The molecule has 2 heterocycles. The number of hydrogen-bond donors (Lipinski definition) is 0. The van der Waals surface area contributed by atoms with Crippen molar-refractivity contribution >= 4 is 65.7 Å². The Morgan fingerprint density at radius 1 is 0.619 bits per heavy atom. The van der Waals surface area contributed by atoms with Crippen molar-refractivity contribution in [3.8, 4) is 6.19 Å². The van der Waals surface area contributed by atoms with E-state index in [1.165, 1.54) is 24.3 Å². The summed E-state index contributed by atoms with van der Waals surface area (Å²) in [5, 5.41) is 13.6. The number of alkyl halides is 6. The second-order valence-corrected chi connectivity index (χ2v) is 9.30. The first-order chi connectivity index (χ1) is 20.0. The molecule has 0 saturated heterocycles. The Balaban J connectivity index is 1.56. The molecule has 0 saturated carbocycles. The molecule has 0 aliphatic carbocycles. The van der Waals surface area contributed by atoms with Crippen LogP contribution in [0, 0.1) is 18.0 Å². The fourth-order valence-corrected chi connectivity index (χ4v) is 5.13. The van der Waals surface area contributed by atoms with Crippen LogP contribution in [0.15, 0.2) is 58.6 Å². The molecule has 0 unspecified atom stereocenters. The number of hydrogen-bond acceptors (Lipinski definition) is 7. The third-order valence-corrected chi connectivity index (χ3v) is 6.92. The molecule has 0 radical (unpaired) electrons. The molecule has 7 rings (SSSR count). The van der Waals surface area contributed by atoms with Crippen molar-refractivity contribution in [1.29, 1.82) is 5.26 Å². The minimum atomic E-state index is -4.62. The van der Waals surface area contributed by atoms with Crippen LogP contribution < -0.4 is 10.7 Å². The van der Waals surface area contributed by atoms with E-state index in [9.17, 15) is 31.6 Å². The Morgan fingerprint density at radius 3 is 1.48 bits per heavy atom. The van der Waals surface area contributed by atoms with Gasteiger partial charge in [-0.15, -0.1) is 4.95 Å². The van der Waals surface area contributed by atoms with E-state index in [0.717, 1.165) is 24.3 Å². The van der Waals surface area contributed by atoms with Crippen LogP contribution in [0.2, 0.25) is 0 Å². The summed E-state index contributed by atoms with van der Waals surface area (Å²) in [5.41, 5.74) is -0.0358. The number of nitriles is 1. The minimum Gasteiger partial charge on any atom is -0.244 e. The first kappa shape index (κ1) is 25.2. The summed E-state index contributed by atoms with van der Waals surface area (Å²) in [5.74, 6) is 0. The van der Waals surface area contributed by atoms with Crippen LogP contribution in [0.5, 0.6) is 0 Å². The van der Waals surface area contributed by atoms with Gasteiger partial charge >= 0.3 is 12.4 Å². The van der Waals surface area contributed by atoms with E-state index < -0.39 is 23.5 Å². The van der Waals surface area contributed by atoms with Crippen molar-refractivity contribution in [2.75, 3.05) is 0 Å². The van der Waals surface area contributed by atoms with E-state index in [0.29, 0.717) is 16.3 Å². The van der Waals surface area contributed by atoms with Gasteiger partial charge in [-0.25, -0.2) is 19.9 Å². The lowest BCUT2D eigenvalue weighted by Gasteiger charge is -2.06. The Labute approximate surface area is 228 Å². The fourth-order valence-electron chi connectivity index (χ4n) is 5.13. The van der Waals surface area contributed by atoms with Gasteiger partial charge in [0.05, 0.1) is 49.3 Å². The highest BCUT2D eigenvalue weighted by atomic mass is 19.4. The predicted molar refractivity (Wildman–Crippen MR) is 138 cm³/mol. The quantitative estimate of drug-likeness (QED) is 0.0709. The predicted octanol–water partition coefficient (Wildman–Crippen LogP) is 6.22. The highest BCUT2D eigenvalue weighted by molar-refractivity contribution is 6.12. The average molecular weight is 570 g/mol. The van der Waals surface area contributed by atoms with Gasteiger partial charge in [0.25, 0.3) is 0 Å². The van der Waals surface area contributed by atoms with Gasteiger partial charge < -0.3 is 0 Å². The third-order valence-electron chi connectivity index (χ3n) is 6.92. The topological polar surface area (TPSA) is 104 Å². The lowest BCUT2D eigenvalue weighted by atomic mass is 10.1. The summed E-state index contributed by atoms with van der Waals surface area (Å²) in [6.45, 7) is 7.18. The van der Waals surface area contributed by atoms with Gasteiger partial charge in [0.1, 0.15) is 16.4 Å². The Hall–Kier alpha value is -5.76. The standard InChI is InChI=1S/C28H8F6N8/c1-36-42-24-16-7-12(28(32,33)34)3-5-14(16)23-26(24)41-20-9-17-19(8-18(20)39-23)40-25-21(37-10-35)15-6-11(27(29,30)31)2-4-13(15)22(25)38-17/h2-9H/b37-21+,42-24+. The maximum Gasteiger partial charge on any atom is 0.416 e. The van der Waals surface area contributed by atoms with Crippen molar-refractivity contribution in [3.63, 3.8) is 0 Å². The van der Waals surface area contributed by atoms with Crippen molar-refractivity contribution in [2.45, 2.75) is 12.4 Å². The van der Waals surface area contributed by atoms with E-state index in [4.69, 9.17) is 6.57 Å². The second kappa shape index (κ2) is 8.37. The zero-order valence-corrected chi connectivity index (χ0v) is 20.5. The molecule has 5 aromatic carbocycles. The van der Waals surface area contributed by atoms with Crippen LogP contribution in [0.25, 0.3) is 70.6 Å². The Morgan fingerprint density at radius 2 is 1.05 bits per heavy atom. The zero-order valence-electron chi connectivity index (χ0n) is 20.5. The molecule has 0 atom stereocenters. The van der Waals surface area contributed by atoms with Crippen molar-refractivity contribution in [1.82, 2.24) is 19.9 Å². The molecule has 0 bridgehead atoms. The molecule has 0 aliphatic heterocycles. The Kier molecular flexibility index (Phi) is 5.03. The number of nitrogens with zero attached hydrogens (tertiary/aromatic N) is 8. The number of halogens is 6. The molecule has 42 heavy (non-hydrogen) atoms. The molecule has 0 aliphatic rings. The summed E-state index contributed by atoms with van der Waals surface area (Å²) < 4.78 is 80.4. The van der Waals surface area contributed by atoms with E-state index in [-0.39, 0.29) is 60.1 Å². The van der Waals surface area contributed by atoms with E-state index in [2.05, 4.69) is 35.0 Å². The third kappa shape index (κ3) is 3.62. The Bertz CT molecular complexity index is 2350. The number of benzene rings is 3. The van der Waals surface area contributed by atoms with Crippen LogP contribution in [0.4, 0.5) is 26.3 Å². The first-order valence-electron chi connectivity index (χ1n) is 11.9. The molecule has 7 aromatic rings. The maximum absolute atomic E-state index is 13.4. The van der Waals surface area contributed by atoms with Gasteiger partial charge in [0, 0.05) is 21.5 Å². The number of fused-ring (bicyclic) bond motifs is 8. The molecular formula is C28H8F6N8. The van der Waals surface area contributed by atoms with Crippen LogP contribution in [0.1, 0.15) is 11.1 Å². The van der Waals surface area contributed by atoms with Crippen molar-refractivity contribution < 1.29 is 26.3 Å². The van der Waals surface area contributed by atoms with Crippen LogP contribution in [-0.2, 0) is 12.4 Å². The summed E-state index contributed by atoms with van der Waals surface area (Å²) >= 11 is 0. The molecule has 0 fully saturated rings. The molecule has 0 N–H and O–H groups in total. The molecule has 0 amide bonds. The summed E-state index contributed by atoms with van der Waals surface area (Å²) in [4.78, 5) is 25.0. The fraction of sp³-hybridized carbons (Fsp3) is 0.0714. The van der Waals surface area contributed by atoms with Gasteiger partial charge in [-0.1, -0.05) is 12.1 Å². The van der Waals surface area contributed by atoms with Crippen LogP contribution in [-0.4, -0.2) is 19.9 Å². The summed E-state index contributed by atoms with van der Waals surface area (Å²) in [6.07, 6.45) is -7.63. The lowest BCUT2D eigenvalue weighted by Crippen LogP contribution is -2.06. The van der Waals surface area contributed by atoms with Gasteiger partial charge in [0.2, 0.25) is 6.19 Å². The largest absolute Gasteiger partial charge is 0.416 e. The minimum absolute atomic E-state index is 0.0533. The van der Waals surface area contributed by atoms with Crippen LogP contribution >= 0.6 is 0 Å². The maximum atomic E-state index is 13.4. The highest BCUT2D eigenvalue weighted by Crippen LogP contribution is 2.35. The summed E-state index contributed by atoms with van der Waals surface area (Å²) in [7, 11) is 0. The zero-order chi connectivity index (χ0) is 29.6. The smallest absolute Gasteiger partial charge is 0.244 e. The SMILES string of the molecule is [C-]#[N+]/N=c1\c2cc(C(F)(F)F)ccc2c2nc3cc4nc5/c(=N/C#N)c6cc(C(F)(F)F)ccc6c5nc4cc3nc12. The van der Waals surface area contributed by atoms with E-state index in [1.54, 1.807) is 6.19 Å². The van der Waals surface area contributed by atoms with Gasteiger partial charge in [0.15, 0.2) is 5.36 Å². The van der Waals surface area contributed by atoms with Crippen molar-refractivity contribution in [3.05, 3.63) is 81.9 Å². The number of aromatic nitrogens is 4.